The van der Waals surface area contributed by atoms with Gasteiger partial charge in [0.2, 0.25) is 0 Å². The van der Waals surface area contributed by atoms with Gasteiger partial charge in [0.25, 0.3) is 0 Å². The molecule has 0 spiro atoms. The van der Waals surface area contributed by atoms with Crippen LogP contribution in [0.5, 0.6) is 0 Å². The first-order chi connectivity index (χ1) is 15.7. The van der Waals surface area contributed by atoms with E-state index < -0.39 is 6.10 Å². The zero-order valence-corrected chi connectivity index (χ0v) is 21.6. The van der Waals surface area contributed by atoms with Crippen molar-refractivity contribution in [1.29, 1.82) is 0 Å². The molecule has 0 aliphatic heterocycles. The first-order valence-corrected chi connectivity index (χ1v) is 13.0. The van der Waals surface area contributed by atoms with Crippen molar-refractivity contribution in [1.82, 2.24) is 4.90 Å². The number of benzene rings is 3. The van der Waals surface area contributed by atoms with Gasteiger partial charge in [-0.15, -0.1) is 12.4 Å². The molecule has 0 heterocycles. The lowest BCUT2D eigenvalue weighted by atomic mass is 9.98. The normalized spacial score (nSPS) is 12.4. The van der Waals surface area contributed by atoms with Crippen molar-refractivity contribution in [2.45, 2.75) is 84.2 Å². The lowest BCUT2D eigenvalue weighted by Crippen LogP contribution is -2.31. The van der Waals surface area contributed by atoms with Crippen LogP contribution in [0.15, 0.2) is 54.6 Å². The van der Waals surface area contributed by atoms with Crippen LogP contribution >= 0.6 is 12.4 Å². The second kappa shape index (κ2) is 15.3. The minimum atomic E-state index is -0.440. The summed E-state index contributed by atoms with van der Waals surface area (Å²) in [7, 11) is 0. The van der Waals surface area contributed by atoms with E-state index in [1.54, 1.807) is 0 Å². The van der Waals surface area contributed by atoms with Gasteiger partial charge in [0.15, 0.2) is 0 Å². The van der Waals surface area contributed by atoms with E-state index in [4.69, 9.17) is 0 Å². The smallest absolute Gasteiger partial charge is 0.0917 e. The van der Waals surface area contributed by atoms with E-state index in [1.807, 2.05) is 0 Å². The second-order valence-electron chi connectivity index (χ2n) is 9.41. The Bertz CT molecular complexity index is 927. The van der Waals surface area contributed by atoms with Gasteiger partial charge in [0.1, 0.15) is 0 Å². The zero-order chi connectivity index (χ0) is 22.6. The van der Waals surface area contributed by atoms with E-state index in [9.17, 15) is 5.11 Å². The number of aliphatic hydroxyl groups excluding tert-OH is 1. The molecule has 3 aromatic rings. The summed E-state index contributed by atoms with van der Waals surface area (Å²) in [6.45, 7) is 7.48. The Morgan fingerprint density at radius 3 is 1.85 bits per heavy atom. The molecule has 3 aromatic carbocycles. The molecule has 182 valence electrons. The highest BCUT2D eigenvalue weighted by atomic mass is 35.5. The minimum absolute atomic E-state index is 0. The number of unbranched alkanes of at least 4 members (excludes halogenated alkanes) is 8. The molecule has 0 saturated heterocycles. The van der Waals surface area contributed by atoms with Crippen LogP contribution in [0.2, 0.25) is 0 Å². The average molecular weight is 470 g/mol. The van der Waals surface area contributed by atoms with Crippen molar-refractivity contribution in [2.24, 2.45) is 0 Å². The number of hydrogen-bond donors (Lipinski definition) is 1. The monoisotopic (exact) mass is 469 g/mol. The minimum Gasteiger partial charge on any atom is -0.387 e. The van der Waals surface area contributed by atoms with Crippen LogP contribution in [0.3, 0.4) is 0 Å². The maximum Gasteiger partial charge on any atom is 0.0917 e. The van der Waals surface area contributed by atoms with Gasteiger partial charge in [-0.2, -0.15) is 0 Å². The largest absolute Gasteiger partial charge is 0.387 e. The van der Waals surface area contributed by atoms with E-state index >= 15 is 0 Å². The lowest BCUT2D eigenvalue weighted by molar-refractivity contribution is 0.110. The molecule has 1 atom stereocenters. The number of nitrogens with zero attached hydrogens (tertiary/aromatic N) is 1. The van der Waals surface area contributed by atoms with Gasteiger partial charge in [-0.3, -0.25) is 0 Å². The number of aliphatic hydroxyl groups is 1. The SMILES string of the molecule is CCCCCCCN(CCCCCCC)CC(O)c1ccc2ccc3ccccc3c2c1.Cl. The quantitative estimate of drug-likeness (QED) is 0.178. The molecule has 3 heteroatoms. The number of hydrogen-bond acceptors (Lipinski definition) is 2. The molecule has 0 bridgehead atoms. The Morgan fingerprint density at radius 1 is 0.667 bits per heavy atom. The van der Waals surface area contributed by atoms with Crippen LogP contribution in [0.4, 0.5) is 0 Å². The maximum absolute atomic E-state index is 11.2. The van der Waals surface area contributed by atoms with Gasteiger partial charge >= 0.3 is 0 Å². The predicted molar refractivity (Wildman–Crippen MR) is 148 cm³/mol. The van der Waals surface area contributed by atoms with Crippen molar-refractivity contribution in [2.75, 3.05) is 19.6 Å². The van der Waals surface area contributed by atoms with Crippen LogP contribution in [0.25, 0.3) is 21.5 Å². The number of fused-ring (bicyclic) bond motifs is 3. The van der Waals surface area contributed by atoms with E-state index in [1.165, 1.54) is 85.8 Å². The highest BCUT2D eigenvalue weighted by Gasteiger charge is 2.14. The van der Waals surface area contributed by atoms with E-state index in [2.05, 4.69) is 73.3 Å². The standard InChI is InChI=1S/C30H43NO.ClH/c1-3-5-7-9-13-21-31(22-14-10-8-6-4-2)24-30(32)27-20-19-26-18-17-25-15-11-12-16-28(25)29(26)23-27;/h11-12,15-20,23,30,32H,3-10,13-14,21-22,24H2,1-2H3;1H. The Morgan fingerprint density at radius 2 is 1.21 bits per heavy atom. The van der Waals surface area contributed by atoms with Gasteiger partial charge in [-0.25, -0.2) is 0 Å². The van der Waals surface area contributed by atoms with Gasteiger partial charge in [-0.1, -0.05) is 114 Å². The lowest BCUT2D eigenvalue weighted by Gasteiger charge is -2.25. The summed E-state index contributed by atoms with van der Waals surface area (Å²) in [5, 5.41) is 16.2. The van der Waals surface area contributed by atoms with E-state index in [-0.39, 0.29) is 12.4 Å². The molecule has 2 nitrogen and oxygen atoms in total. The first kappa shape index (κ1) is 27.6. The van der Waals surface area contributed by atoms with Crippen molar-refractivity contribution in [3.8, 4) is 0 Å². The molecule has 3 rings (SSSR count). The molecule has 0 aliphatic rings. The van der Waals surface area contributed by atoms with Crippen molar-refractivity contribution < 1.29 is 5.11 Å². The molecule has 1 unspecified atom stereocenters. The zero-order valence-electron chi connectivity index (χ0n) is 20.8. The summed E-state index contributed by atoms with van der Waals surface area (Å²) in [5.41, 5.74) is 1.04. The third-order valence-corrected chi connectivity index (χ3v) is 6.74. The highest BCUT2D eigenvalue weighted by Crippen LogP contribution is 2.28. The molecule has 0 saturated carbocycles. The van der Waals surface area contributed by atoms with Gasteiger partial charge in [-0.05, 0) is 59.1 Å². The molecule has 0 amide bonds. The van der Waals surface area contributed by atoms with E-state index in [0.29, 0.717) is 0 Å². The average Bonchev–Trinajstić information content (AvgIpc) is 2.83. The van der Waals surface area contributed by atoms with Crippen LogP contribution in [-0.2, 0) is 0 Å². The second-order valence-corrected chi connectivity index (χ2v) is 9.41. The Kier molecular flexibility index (Phi) is 12.8. The summed E-state index contributed by atoms with van der Waals surface area (Å²) in [6, 6.07) is 19.4. The Balaban J connectivity index is 0.00000385. The maximum atomic E-state index is 11.2. The third kappa shape index (κ3) is 8.59. The molecule has 33 heavy (non-hydrogen) atoms. The number of halogens is 1. The highest BCUT2D eigenvalue weighted by molar-refractivity contribution is 6.07. The van der Waals surface area contributed by atoms with Gasteiger partial charge in [0, 0.05) is 6.54 Å². The van der Waals surface area contributed by atoms with Gasteiger partial charge < -0.3 is 10.0 Å². The third-order valence-electron chi connectivity index (χ3n) is 6.74. The predicted octanol–water partition coefficient (Wildman–Crippen LogP) is 8.69. The van der Waals surface area contributed by atoms with E-state index in [0.717, 1.165) is 25.2 Å². The Hall–Kier alpha value is -1.61. The van der Waals surface area contributed by atoms with Crippen LogP contribution < -0.4 is 0 Å². The van der Waals surface area contributed by atoms with Crippen molar-refractivity contribution in [3.05, 3.63) is 60.2 Å². The van der Waals surface area contributed by atoms with Crippen molar-refractivity contribution in [3.63, 3.8) is 0 Å². The van der Waals surface area contributed by atoms with Crippen molar-refractivity contribution >= 4 is 34.0 Å². The number of rotatable bonds is 15. The molecule has 0 fully saturated rings. The fraction of sp³-hybridized carbons (Fsp3) is 0.533. The molecule has 1 N–H and O–H groups in total. The fourth-order valence-electron chi connectivity index (χ4n) is 4.75. The molecule has 0 aliphatic carbocycles. The summed E-state index contributed by atoms with van der Waals surface area (Å²) in [6.07, 6.45) is 12.6. The van der Waals surface area contributed by atoms with Crippen LogP contribution in [0.1, 0.15) is 89.7 Å². The summed E-state index contributed by atoms with van der Waals surface area (Å²) in [4.78, 5) is 2.51. The van der Waals surface area contributed by atoms with Crippen LogP contribution in [-0.4, -0.2) is 29.6 Å². The van der Waals surface area contributed by atoms with Gasteiger partial charge in [0.05, 0.1) is 6.10 Å². The topological polar surface area (TPSA) is 23.5 Å². The summed E-state index contributed by atoms with van der Waals surface area (Å²) in [5.74, 6) is 0. The van der Waals surface area contributed by atoms with Crippen LogP contribution in [0, 0.1) is 0 Å². The molecular formula is C30H44ClNO. The molecule has 0 radical (unpaired) electrons. The fourth-order valence-corrected chi connectivity index (χ4v) is 4.75. The Labute approximate surface area is 207 Å². The summed E-state index contributed by atoms with van der Waals surface area (Å²) >= 11 is 0. The summed E-state index contributed by atoms with van der Waals surface area (Å²) < 4.78 is 0. The molecular weight excluding hydrogens is 426 g/mol. The first-order valence-electron chi connectivity index (χ1n) is 13.0. The molecule has 0 aromatic heterocycles.